The van der Waals surface area contributed by atoms with Crippen LogP contribution in [0.25, 0.3) is 0 Å². The van der Waals surface area contributed by atoms with E-state index in [1.807, 2.05) is 6.92 Å². The minimum absolute atomic E-state index is 0.267. The van der Waals surface area contributed by atoms with Crippen molar-refractivity contribution in [1.82, 2.24) is 5.16 Å². The van der Waals surface area contributed by atoms with Gasteiger partial charge in [-0.15, -0.1) is 0 Å². The molecule has 2 N–H and O–H groups in total. The van der Waals surface area contributed by atoms with E-state index in [0.717, 1.165) is 5.69 Å². The van der Waals surface area contributed by atoms with Crippen molar-refractivity contribution in [3.8, 4) is 0 Å². The smallest absolute Gasteiger partial charge is 0.305 e. The van der Waals surface area contributed by atoms with E-state index in [0.29, 0.717) is 12.2 Å². The van der Waals surface area contributed by atoms with Gasteiger partial charge in [-0.05, 0) is 13.3 Å². The minimum atomic E-state index is -0.296. The summed E-state index contributed by atoms with van der Waals surface area (Å²) in [6, 6.07) is 1.47. The van der Waals surface area contributed by atoms with Gasteiger partial charge in [0.15, 0.2) is 5.76 Å². The van der Waals surface area contributed by atoms with Crippen molar-refractivity contribution in [3.05, 3.63) is 17.5 Å². The van der Waals surface area contributed by atoms with Crippen molar-refractivity contribution < 1.29 is 14.1 Å². The maximum Gasteiger partial charge on any atom is 0.305 e. The molecular formula is C9H14N2O3. The first kappa shape index (κ1) is 10.7. The molecule has 0 aliphatic carbocycles. The van der Waals surface area contributed by atoms with Crippen LogP contribution in [0.15, 0.2) is 10.6 Å². The highest BCUT2D eigenvalue weighted by Gasteiger charge is 2.13. The Bertz CT molecular complexity index is 309. The molecular weight excluding hydrogens is 184 g/mol. The number of hydrogen-bond donors (Lipinski definition) is 1. The van der Waals surface area contributed by atoms with Crippen molar-refractivity contribution in [3.63, 3.8) is 0 Å². The van der Waals surface area contributed by atoms with Crippen LogP contribution in [0.1, 0.15) is 30.3 Å². The summed E-state index contributed by atoms with van der Waals surface area (Å²) in [5.74, 6) is 0.336. The first-order valence-corrected chi connectivity index (χ1v) is 4.39. The molecule has 1 unspecified atom stereocenters. The Morgan fingerprint density at radius 3 is 3.00 bits per heavy atom. The number of aromatic nitrogens is 1. The van der Waals surface area contributed by atoms with E-state index in [4.69, 9.17) is 10.3 Å². The molecule has 0 spiro atoms. The second kappa shape index (κ2) is 4.76. The molecule has 0 saturated heterocycles. The number of carbonyl (C=O) groups is 1. The van der Waals surface area contributed by atoms with E-state index in [1.165, 1.54) is 7.11 Å². The molecule has 1 heterocycles. The third kappa shape index (κ3) is 2.85. The van der Waals surface area contributed by atoms with Crippen molar-refractivity contribution in [2.45, 2.75) is 25.8 Å². The summed E-state index contributed by atoms with van der Waals surface area (Å²) in [6.07, 6.45) is 0.790. The van der Waals surface area contributed by atoms with E-state index in [1.54, 1.807) is 6.07 Å². The van der Waals surface area contributed by atoms with Crippen LogP contribution in [0, 0.1) is 6.92 Å². The maximum absolute atomic E-state index is 10.8. The minimum Gasteiger partial charge on any atom is -0.469 e. The SMILES string of the molecule is COC(=O)CCC(N)c1cc(C)no1. The van der Waals surface area contributed by atoms with E-state index >= 15 is 0 Å². The monoisotopic (exact) mass is 198 g/mol. The van der Waals surface area contributed by atoms with Gasteiger partial charge in [0.25, 0.3) is 0 Å². The van der Waals surface area contributed by atoms with Crippen LogP contribution in [-0.4, -0.2) is 18.2 Å². The van der Waals surface area contributed by atoms with Crippen molar-refractivity contribution in [2.24, 2.45) is 5.73 Å². The van der Waals surface area contributed by atoms with E-state index in [9.17, 15) is 4.79 Å². The Hall–Kier alpha value is -1.36. The van der Waals surface area contributed by atoms with Gasteiger partial charge in [-0.3, -0.25) is 4.79 Å². The molecule has 0 amide bonds. The molecule has 0 bridgehead atoms. The molecule has 0 fully saturated rings. The van der Waals surface area contributed by atoms with Gasteiger partial charge in [0.2, 0.25) is 0 Å². The zero-order chi connectivity index (χ0) is 10.6. The van der Waals surface area contributed by atoms with Gasteiger partial charge in [-0.1, -0.05) is 5.16 Å². The Balaban J connectivity index is 2.42. The number of rotatable bonds is 4. The molecule has 1 aromatic heterocycles. The van der Waals surface area contributed by atoms with Gasteiger partial charge in [0, 0.05) is 12.5 Å². The lowest BCUT2D eigenvalue weighted by Crippen LogP contribution is -2.12. The first-order valence-electron chi connectivity index (χ1n) is 4.39. The van der Waals surface area contributed by atoms with Gasteiger partial charge in [-0.2, -0.15) is 0 Å². The normalized spacial score (nSPS) is 12.5. The molecule has 78 valence electrons. The Morgan fingerprint density at radius 2 is 2.50 bits per heavy atom. The number of hydrogen-bond acceptors (Lipinski definition) is 5. The van der Waals surface area contributed by atoms with Crippen LogP contribution in [0.2, 0.25) is 0 Å². The summed E-state index contributed by atoms with van der Waals surface area (Å²) < 4.78 is 9.47. The fourth-order valence-electron chi connectivity index (χ4n) is 1.08. The number of nitrogens with zero attached hydrogens (tertiary/aromatic N) is 1. The average molecular weight is 198 g/mol. The summed E-state index contributed by atoms with van der Waals surface area (Å²) in [6.45, 7) is 1.82. The molecule has 1 atom stereocenters. The fourth-order valence-corrected chi connectivity index (χ4v) is 1.08. The zero-order valence-electron chi connectivity index (χ0n) is 8.32. The van der Waals surface area contributed by atoms with Gasteiger partial charge in [-0.25, -0.2) is 0 Å². The van der Waals surface area contributed by atoms with Gasteiger partial charge >= 0.3 is 5.97 Å². The number of aryl methyl sites for hydroxylation is 1. The summed E-state index contributed by atoms with van der Waals surface area (Å²) in [5, 5.41) is 3.71. The number of carbonyl (C=O) groups excluding carboxylic acids is 1. The molecule has 0 aromatic carbocycles. The molecule has 1 aromatic rings. The third-order valence-electron chi connectivity index (χ3n) is 1.90. The van der Waals surface area contributed by atoms with Crippen LogP contribution in [-0.2, 0) is 9.53 Å². The van der Waals surface area contributed by atoms with Gasteiger partial charge < -0.3 is 15.0 Å². The van der Waals surface area contributed by atoms with Crippen molar-refractivity contribution in [2.75, 3.05) is 7.11 Å². The van der Waals surface area contributed by atoms with Crippen LogP contribution in [0.4, 0.5) is 0 Å². The quantitative estimate of drug-likeness (QED) is 0.728. The highest BCUT2D eigenvalue weighted by atomic mass is 16.5. The molecule has 5 nitrogen and oxygen atoms in total. The Labute approximate surface area is 82.2 Å². The van der Waals surface area contributed by atoms with Crippen LogP contribution in [0.3, 0.4) is 0 Å². The maximum atomic E-state index is 10.8. The molecule has 0 aliphatic rings. The summed E-state index contributed by atoms with van der Waals surface area (Å²) in [7, 11) is 1.35. The lowest BCUT2D eigenvalue weighted by molar-refractivity contribution is -0.140. The topological polar surface area (TPSA) is 78.4 Å². The van der Waals surface area contributed by atoms with Gasteiger partial charge in [0.1, 0.15) is 0 Å². The molecule has 14 heavy (non-hydrogen) atoms. The lowest BCUT2D eigenvalue weighted by Gasteiger charge is -2.05. The Morgan fingerprint density at radius 1 is 1.79 bits per heavy atom. The zero-order valence-corrected chi connectivity index (χ0v) is 8.32. The van der Waals surface area contributed by atoms with Gasteiger partial charge in [0.05, 0.1) is 18.8 Å². The third-order valence-corrected chi connectivity index (χ3v) is 1.90. The predicted molar refractivity (Wildman–Crippen MR) is 49.4 cm³/mol. The second-order valence-corrected chi connectivity index (χ2v) is 3.09. The van der Waals surface area contributed by atoms with Crippen LogP contribution >= 0.6 is 0 Å². The van der Waals surface area contributed by atoms with Crippen LogP contribution < -0.4 is 5.73 Å². The van der Waals surface area contributed by atoms with Crippen molar-refractivity contribution >= 4 is 5.97 Å². The average Bonchev–Trinajstić information content (AvgIpc) is 2.60. The summed E-state index contributed by atoms with van der Waals surface area (Å²) >= 11 is 0. The summed E-state index contributed by atoms with van der Waals surface area (Å²) in [4.78, 5) is 10.8. The Kier molecular flexibility index (Phi) is 3.64. The number of esters is 1. The molecule has 5 heteroatoms. The number of nitrogens with two attached hydrogens (primary N) is 1. The molecule has 0 radical (unpaired) electrons. The largest absolute Gasteiger partial charge is 0.469 e. The lowest BCUT2D eigenvalue weighted by atomic mass is 10.1. The van der Waals surface area contributed by atoms with E-state index in [2.05, 4.69) is 9.89 Å². The van der Waals surface area contributed by atoms with Crippen molar-refractivity contribution in [1.29, 1.82) is 0 Å². The van der Waals surface area contributed by atoms with E-state index in [-0.39, 0.29) is 18.4 Å². The number of methoxy groups -OCH3 is 1. The standard InChI is InChI=1S/C9H14N2O3/c1-6-5-8(14-11-6)7(10)3-4-9(12)13-2/h5,7H,3-4,10H2,1-2H3. The highest BCUT2D eigenvalue weighted by molar-refractivity contribution is 5.69. The summed E-state index contributed by atoms with van der Waals surface area (Å²) in [5.41, 5.74) is 6.56. The second-order valence-electron chi connectivity index (χ2n) is 3.09. The highest BCUT2D eigenvalue weighted by Crippen LogP contribution is 2.16. The van der Waals surface area contributed by atoms with Crippen LogP contribution in [0.5, 0.6) is 0 Å². The molecule has 0 aliphatic heterocycles. The fraction of sp³-hybridized carbons (Fsp3) is 0.556. The molecule has 1 rings (SSSR count). The first-order chi connectivity index (χ1) is 6.63. The number of ether oxygens (including phenoxy) is 1. The van der Waals surface area contributed by atoms with E-state index < -0.39 is 0 Å². The predicted octanol–water partition coefficient (Wildman–Crippen LogP) is 0.936. The molecule has 0 saturated carbocycles.